The molecule has 3 rings (SSSR count). The molecule has 0 N–H and O–H groups in total. The molecule has 46 heavy (non-hydrogen) atoms. The summed E-state index contributed by atoms with van der Waals surface area (Å²) in [6.07, 6.45) is 8.23. The van der Waals surface area contributed by atoms with Gasteiger partial charge in [-0.25, -0.2) is 0 Å². The Bertz CT molecular complexity index is 1230. The first kappa shape index (κ1) is 37.9. The van der Waals surface area contributed by atoms with Crippen molar-refractivity contribution in [1.29, 1.82) is 0 Å². The lowest BCUT2D eigenvalue weighted by atomic mass is 10.1. The second-order valence-electron chi connectivity index (χ2n) is 9.77. The molecule has 0 aliphatic carbocycles. The number of rotatable bonds is 24. The van der Waals surface area contributed by atoms with Gasteiger partial charge in [0.2, 0.25) is 0 Å². The Labute approximate surface area is 289 Å². The van der Waals surface area contributed by atoms with Crippen molar-refractivity contribution in [3.63, 3.8) is 0 Å². The van der Waals surface area contributed by atoms with Crippen LogP contribution in [-0.4, -0.2) is 93.5 Å². The maximum Gasteiger partial charge on any atom is 0.126 e. The molecular formula is C36H44Br2O8. The van der Waals surface area contributed by atoms with Crippen molar-refractivity contribution in [3.8, 4) is 11.5 Å². The molecule has 3 aromatic rings. The predicted octanol–water partition coefficient (Wildman–Crippen LogP) is 7.67. The molecular weight excluding hydrogens is 720 g/mol. The van der Waals surface area contributed by atoms with Crippen molar-refractivity contribution in [1.82, 2.24) is 0 Å². The molecule has 0 saturated heterocycles. The first-order valence-electron chi connectivity index (χ1n) is 15.2. The fourth-order valence-corrected chi connectivity index (χ4v) is 5.03. The average molecular weight is 765 g/mol. The van der Waals surface area contributed by atoms with E-state index in [1.54, 1.807) is 14.2 Å². The summed E-state index contributed by atoms with van der Waals surface area (Å²) in [6, 6.07) is 20.1. The molecule has 0 aliphatic rings. The molecule has 250 valence electrons. The monoisotopic (exact) mass is 762 g/mol. The van der Waals surface area contributed by atoms with E-state index in [2.05, 4.69) is 56.1 Å². The maximum atomic E-state index is 5.99. The van der Waals surface area contributed by atoms with Gasteiger partial charge in [0.1, 0.15) is 24.7 Å². The summed E-state index contributed by atoms with van der Waals surface area (Å²) >= 11 is 7.49. The van der Waals surface area contributed by atoms with E-state index in [1.807, 2.05) is 60.7 Å². The zero-order chi connectivity index (χ0) is 32.7. The summed E-state index contributed by atoms with van der Waals surface area (Å²) in [4.78, 5) is 0. The van der Waals surface area contributed by atoms with Gasteiger partial charge < -0.3 is 37.9 Å². The fraction of sp³-hybridized carbons (Fsp3) is 0.389. The normalized spacial score (nSPS) is 11.6. The van der Waals surface area contributed by atoms with Gasteiger partial charge in [0.25, 0.3) is 0 Å². The molecule has 0 amide bonds. The van der Waals surface area contributed by atoms with Crippen LogP contribution < -0.4 is 9.47 Å². The van der Waals surface area contributed by atoms with Gasteiger partial charge in [-0.05, 0) is 35.4 Å². The summed E-state index contributed by atoms with van der Waals surface area (Å²) in [7, 11) is 3.31. The Morgan fingerprint density at radius 2 is 0.761 bits per heavy atom. The zero-order valence-corrected chi connectivity index (χ0v) is 29.8. The Morgan fingerprint density at radius 1 is 0.435 bits per heavy atom. The Hall–Kier alpha value is -2.54. The Balaban J connectivity index is 1.51. The van der Waals surface area contributed by atoms with Gasteiger partial charge in [0, 0.05) is 34.3 Å². The van der Waals surface area contributed by atoms with Crippen LogP contribution in [0.3, 0.4) is 0 Å². The van der Waals surface area contributed by atoms with E-state index in [0.717, 1.165) is 42.7 Å². The second-order valence-corrected chi connectivity index (χ2v) is 11.5. The highest BCUT2D eigenvalue weighted by Crippen LogP contribution is 2.30. The lowest BCUT2D eigenvalue weighted by molar-refractivity contribution is 0.0179. The second kappa shape index (κ2) is 23.7. The molecule has 0 aromatic heterocycles. The molecule has 10 heteroatoms. The van der Waals surface area contributed by atoms with Crippen LogP contribution >= 0.6 is 31.9 Å². The van der Waals surface area contributed by atoms with Gasteiger partial charge >= 0.3 is 0 Å². The minimum absolute atomic E-state index is 0.451. The van der Waals surface area contributed by atoms with E-state index in [9.17, 15) is 0 Å². The van der Waals surface area contributed by atoms with Gasteiger partial charge in [-0.15, -0.1) is 0 Å². The molecule has 0 atom stereocenters. The van der Waals surface area contributed by atoms with Crippen LogP contribution in [0.1, 0.15) is 22.3 Å². The highest BCUT2D eigenvalue weighted by molar-refractivity contribution is 9.11. The summed E-state index contributed by atoms with van der Waals surface area (Å²) in [5, 5.41) is 0. The molecule has 0 aliphatic heterocycles. The SMILES string of the molecule is COCCOCCOCCOc1ccccc1/C=C/c1cc(Br)c(/C=C/c2ccccc2OCCOCCOCCOC)cc1Br. The number of benzene rings is 3. The van der Waals surface area contributed by atoms with Crippen molar-refractivity contribution in [3.05, 3.63) is 91.9 Å². The van der Waals surface area contributed by atoms with E-state index in [1.165, 1.54) is 0 Å². The molecule has 0 heterocycles. The smallest absolute Gasteiger partial charge is 0.126 e. The van der Waals surface area contributed by atoms with Crippen LogP contribution in [-0.2, 0) is 28.4 Å². The lowest BCUT2D eigenvalue weighted by Gasteiger charge is -2.11. The van der Waals surface area contributed by atoms with Crippen molar-refractivity contribution in [2.24, 2.45) is 0 Å². The van der Waals surface area contributed by atoms with E-state index >= 15 is 0 Å². The van der Waals surface area contributed by atoms with Crippen molar-refractivity contribution in [2.75, 3.05) is 93.5 Å². The van der Waals surface area contributed by atoms with Gasteiger partial charge in [0.15, 0.2) is 0 Å². The third-order valence-electron chi connectivity index (χ3n) is 6.42. The molecule has 0 spiro atoms. The van der Waals surface area contributed by atoms with Crippen LogP contribution in [0.5, 0.6) is 11.5 Å². The van der Waals surface area contributed by atoms with Gasteiger partial charge in [-0.3, -0.25) is 0 Å². The molecule has 0 saturated carbocycles. The Kier molecular flexibility index (Phi) is 19.6. The minimum atomic E-state index is 0.451. The van der Waals surface area contributed by atoms with Crippen molar-refractivity contribution in [2.45, 2.75) is 0 Å². The highest BCUT2D eigenvalue weighted by atomic mass is 79.9. The quantitative estimate of drug-likeness (QED) is 0.0681. The molecule has 0 unspecified atom stereocenters. The summed E-state index contributed by atoms with van der Waals surface area (Å²) in [6.45, 7) is 6.27. The molecule has 0 bridgehead atoms. The number of para-hydroxylation sites is 2. The van der Waals surface area contributed by atoms with Gasteiger partial charge in [-0.2, -0.15) is 0 Å². The van der Waals surface area contributed by atoms with Crippen LogP contribution in [0.25, 0.3) is 24.3 Å². The molecule has 3 aromatic carbocycles. The lowest BCUT2D eigenvalue weighted by Crippen LogP contribution is -2.12. The third kappa shape index (κ3) is 14.9. The largest absolute Gasteiger partial charge is 0.491 e. The Morgan fingerprint density at radius 3 is 1.15 bits per heavy atom. The summed E-state index contributed by atoms with van der Waals surface area (Å²) < 4.78 is 45.8. The zero-order valence-electron chi connectivity index (χ0n) is 26.6. The number of methoxy groups -OCH3 is 2. The van der Waals surface area contributed by atoms with Crippen LogP contribution in [0.15, 0.2) is 69.6 Å². The molecule has 8 nitrogen and oxygen atoms in total. The topological polar surface area (TPSA) is 73.8 Å². The van der Waals surface area contributed by atoms with Crippen LogP contribution in [0.4, 0.5) is 0 Å². The predicted molar refractivity (Wildman–Crippen MR) is 191 cm³/mol. The maximum absolute atomic E-state index is 5.99. The molecule has 0 radical (unpaired) electrons. The van der Waals surface area contributed by atoms with Crippen LogP contribution in [0.2, 0.25) is 0 Å². The third-order valence-corrected chi connectivity index (χ3v) is 7.79. The van der Waals surface area contributed by atoms with E-state index in [4.69, 9.17) is 37.9 Å². The number of hydrogen-bond donors (Lipinski definition) is 0. The van der Waals surface area contributed by atoms with Crippen molar-refractivity contribution < 1.29 is 37.9 Å². The number of halogens is 2. The minimum Gasteiger partial charge on any atom is -0.491 e. The van der Waals surface area contributed by atoms with Crippen molar-refractivity contribution >= 4 is 56.2 Å². The van der Waals surface area contributed by atoms with E-state index in [-0.39, 0.29) is 0 Å². The summed E-state index contributed by atoms with van der Waals surface area (Å²) in [5.41, 5.74) is 4.02. The highest BCUT2D eigenvalue weighted by Gasteiger charge is 2.06. The summed E-state index contributed by atoms with van der Waals surface area (Å²) in [5.74, 6) is 1.60. The fourth-order valence-electron chi connectivity index (χ4n) is 4.04. The first-order chi connectivity index (χ1) is 22.6. The standard InChI is InChI=1S/C36H44Br2O8/c1-39-15-17-41-19-21-43-23-25-45-35-9-5-3-7-29(35)11-13-31-27-34(38)32(28-33(31)37)14-12-30-8-4-6-10-36(30)46-26-24-44-22-20-42-18-16-40-2/h3-14,27-28H,15-26H2,1-2H3/b13-11+,14-12+. The van der Waals surface area contributed by atoms with Gasteiger partial charge in [-0.1, -0.05) is 92.6 Å². The van der Waals surface area contributed by atoms with E-state index in [0.29, 0.717) is 79.3 Å². The average Bonchev–Trinajstić information content (AvgIpc) is 3.07. The first-order valence-corrected chi connectivity index (χ1v) is 16.8. The number of ether oxygens (including phenoxy) is 8. The van der Waals surface area contributed by atoms with E-state index < -0.39 is 0 Å². The van der Waals surface area contributed by atoms with Crippen LogP contribution in [0, 0.1) is 0 Å². The molecule has 0 fully saturated rings. The van der Waals surface area contributed by atoms with Gasteiger partial charge in [0.05, 0.1) is 66.1 Å². The number of hydrogen-bond acceptors (Lipinski definition) is 8.